The molecule has 0 aliphatic carbocycles. The molecule has 0 atom stereocenters. The van der Waals surface area contributed by atoms with Crippen LogP contribution in [0.1, 0.15) is 0 Å². The molecule has 1 fully saturated rings. The van der Waals surface area contributed by atoms with Gasteiger partial charge in [-0.1, -0.05) is 48.5 Å². The summed E-state index contributed by atoms with van der Waals surface area (Å²) in [7, 11) is 0. The Labute approximate surface area is 198 Å². The molecule has 0 saturated carbocycles. The van der Waals surface area contributed by atoms with Gasteiger partial charge in [0, 0.05) is 43.3 Å². The Hall–Kier alpha value is -2.33. The van der Waals surface area contributed by atoms with E-state index in [2.05, 4.69) is 38.0 Å². The predicted molar refractivity (Wildman–Crippen MR) is 135 cm³/mol. The number of ether oxygens (including phenoxy) is 1. The lowest BCUT2D eigenvalue weighted by atomic mass is 10.1. The van der Waals surface area contributed by atoms with Crippen LogP contribution < -0.4 is 15.4 Å². The van der Waals surface area contributed by atoms with Gasteiger partial charge in [-0.2, -0.15) is 0 Å². The first-order valence-corrected chi connectivity index (χ1v) is 10.7. The summed E-state index contributed by atoms with van der Waals surface area (Å²) in [6.45, 7) is 4.54. The lowest BCUT2D eigenvalue weighted by molar-refractivity contribution is 0.327. The van der Waals surface area contributed by atoms with E-state index in [-0.39, 0.29) is 24.0 Å². The normalized spacial score (nSPS) is 14.3. The quantitative estimate of drug-likeness (QED) is 0.224. The Morgan fingerprint density at radius 1 is 1.03 bits per heavy atom. The van der Waals surface area contributed by atoms with E-state index in [1.54, 1.807) is 11.3 Å². The zero-order valence-corrected chi connectivity index (χ0v) is 19.8. The SMILES string of the molecule is I.NC(=NCCOc1ccccc1-c1ccccc1)N1CCN(c2nccs2)CC1. The number of benzene rings is 2. The van der Waals surface area contributed by atoms with E-state index in [1.807, 2.05) is 48.0 Å². The molecule has 2 heterocycles. The van der Waals surface area contributed by atoms with Gasteiger partial charge in [0.2, 0.25) is 0 Å². The summed E-state index contributed by atoms with van der Waals surface area (Å²) in [5.74, 6) is 1.45. The number of nitrogens with zero attached hydrogens (tertiary/aromatic N) is 4. The second-order valence-corrected chi connectivity index (χ2v) is 7.61. The Bertz CT molecular complexity index is 928. The molecular weight excluding hydrogens is 509 g/mol. The van der Waals surface area contributed by atoms with Crippen molar-refractivity contribution in [1.29, 1.82) is 0 Å². The Kier molecular flexibility index (Phi) is 8.32. The van der Waals surface area contributed by atoms with Gasteiger partial charge in [-0.25, -0.2) is 9.98 Å². The summed E-state index contributed by atoms with van der Waals surface area (Å²) in [5, 5.41) is 3.08. The molecule has 0 unspecified atom stereocenters. The van der Waals surface area contributed by atoms with Crippen LogP contribution in [0.15, 0.2) is 71.2 Å². The van der Waals surface area contributed by atoms with Crippen molar-refractivity contribution in [2.45, 2.75) is 0 Å². The van der Waals surface area contributed by atoms with Crippen LogP contribution in [0.25, 0.3) is 11.1 Å². The molecule has 1 aliphatic rings. The van der Waals surface area contributed by atoms with Gasteiger partial charge in [-0.15, -0.1) is 35.3 Å². The van der Waals surface area contributed by atoms with Gasteiger partial charge < -0.3 is 20.3 Å². The summed E-state index contributed by atoms with van der Waals surface area (Å²) in [5.41, 5.74) is 8.43. The lowest BCUT2D eigenvalue weighted by Gasteiger charge is -2.35. The Morgan fingerprint density at radius 3 is 2.50 bits per heavy atom. The number of guanidine groups is 1. The third kappa shape index (κ3) is 5.63. The summed E-state index contributed by atoms with van der Waals surface area (Å²) >= 11 is 1.67. The van der Waals surface area contributed by atoms with Gasteiger partial charge in [0.15, 0.2) is 11.1 Å². The van der Waals surface area contributed by atoms with E-state index >= 15 is 0 Å². The average Bonchev–Trinajstić information content (AvgIpc) is 3.33. The fourth-order valence-electron chi connectivity index (χ4n) is 3.36. The molecule has 1 saturated heterocycles. The number of anilines is 1. The first kappa shape index (κ1) is 22.4. The fraction of sp³-hybridized carbons (Fsp3) is 0.273. The standard InChI is InChI=1S/C22H25N5OS.HI/c23-21(26-12-14-27(15-13-26)22-25-11-17-29-22)24-10-16-28-20-9-5-4-8-19(20)18-6-2-1-3-7-18;/h1-9,11,17H,10,12-16H2,(H2,23,24);1H. The zero-order chi connectivity index (χ0) is 19.9. The molecule has 0 bridgehead atoms. The number of para-hydroxylation sites is 1. The summed E-state index contributed by atoms with van der Waals surface area (Å²) in [6.07, 6.45) is 1.85. The molecule has 8 heteroatoms. The van der Waals surface area contributed by atoms with Gasteiger partial charge in [-0.3, -0.25) is 0 Å². The maximum absolute atomic E-state index is 6.20. The number of rotatable bonds is 6. The molecular formula is C22H26IN5OS. The number of halogens is 1. The average molecular weight is 535 g/mol. The van der Waals surface area contributed by atoms with Crippen molar-refractivity contribution < 1.29 is 4.74 Å². The van der Waals surface area contributed by atoms with Crippen LogP contribution in [0, 0.1) is 0 Å². The molecule has 2 N–H and O–H groups in total. The third-order valence-electron chi connectivity index (χ3n) is 4.89. The van der Waals surface area contributed by atoms with Crippen molar-refractivity contribution in [3.8, 4) is 16.9 Å². The second-order valence-electron chi connectivity index (χ2n) is 6.74. The summed E-state index contributed by atoms with van der Waals surface area (Å²) in [4.78, 5) is 13.3. The minimum Gasteiger partial charge on any atom is -0.491 e. The van der Waals surface area contributed by atoms with E-state index in [9.17, 15) is 0 Å². The topological polar surface area (TPSA) is 67.0 Å². The van der Waals surface area contributed by atoms with Crippen LogP contribution in [0.4, 0.5) is 5.13 Å². The molecule has 0 amide bonds. The van der Waals surface area contributed by atoms with E-state index < -0.39 is 0 Å². The van der Waals surface area contributed by atoms with Gasteiger partial charge in [0.1, 0.15) is 12.4 Å². The number of hydrogen-bond acceptors (Lipinski definition) is 5. The largest absolute Gasteiger partial charge is 0.491 e. The predicted octanol–water partition coefficient (Wildman–Crippen LogP) is 3.94. The molecule has 0 spiro atoms. The molecule has 30 heavy (non-hydrogen) atoms. The fourth-order valence-corrected chi connectivity index (χ4v) is 4.06. The van der Waals surface area contributed by atoms with Crippen LogP contribution in [0.5, 0.6) is 5.75 Å². The minimum atomic E-state index is 0. The Balaban J connectivity index is 0.00000256. The summed E-state index contributed by atoms with van der Waals surface area (Å²) in [6, 6.07) is 18.3. The van der Waals surface area contributed by atoms with Crippen molar-refractivity contribution in [2.24, 2.45) is 10.7 Å². The first-order chi connectivity index (χ1) is 14.3. The molecule has 4 rings (SSSR count). The highest BCUT2D eigenvalue weighted by Gasteiger charge is 2.19. The van der Waals surface area contributed by atoms with Crippen LogP contribution in [-0.2, 0) is 0 Å². The van der Waals surface area contributed by atoms with Gasteiger partial charge in [0.25, 0.3) is 0 Å². The molecule has 6 nitrogen and oxygen atoms in total. The number of piperazine rings is 1. The van der Waals surface area contributed by atoms with Gasteiger partial charge in [-0.05, 0) is 11.6 Å². The highest BCUT2D eigenvalue weighted by Crippen LogP contribution is 2.29. The van der Waals surface area contributed by atoms with Crippen LogP contribution in [0.3, 0.4) is 0 Å². The molecule has 3 aromatic rings. The van der Waals surface area contributed by atoms with Gasteiger partial charge in [0.05, 0.1) is 6.54 Å². The smallest absolute Gasteiger partial charge is 0.191 e. The second kappa shape index (κ2) is 11.2. The highest BCUT2D eigenvalue weighted by molar-refractivity contribution is 14.0. The monoisotopic (exact) mass is 535 g/mol. The maximum Gasteiger partial charge on any atom is 0.191 e. The molecule has 0 radical (unpaired) electrons. The van der Waals surface area contributed by atoms with E-state index in [0.29, 0.717) is 19.1 Å². The lowest BCUT2D eigenvalue weighted by Crippen LogP contribution is -2.51. The highest BCUT2D eigenvalue weighted by atomic mass is 127. The molecule has 1 aliphatic heterocycles. The number of aliphatic imine (C=N–C) groups is 1. The molecule has 2 aromatic carbocycles. The molecule has 158 valence electrons. The van der Waals surface area contributed by atoms with E-state index in [1.165, 1.54) is 0 Å². The Morgan fingerprint density at radius 2 is 1.77 bits per heavy atom. The van der Waals surface area contributed by atoms with Crippen molar-refractivity contribution in [2.75, 3.05) is 44.2 Å². The van der Waals surface area contributed by atoms with E-state index in [0.717, 1.165) is 48.2 Å². The first-order valence-electron chi connectivity index (χ1n) is 9.78. The minimum absolute atomic E-state index is 0. The van der Waals surface area contributed by atoms with Crippen LogP contribution in [-0.4, -0.2) is 55.2 Å². The van der Waals surface area contributed by atoms with Crippen molar-refractivity contribution >= 4 is 46.4 Å². The number of hydrogen-bond donors (Lipinski definition) is 1. The number of thiazole rings is 1. The van der Waals surface area contributed by atoms with Crippen molar-refractivity contribution in [3.05, 3.63) is 66.2 Å². The van der Waals surface area contributed by atoms with Crippen molar-refractivity contribution in [3.63, 3.8) is 0 Å². The van der Waals surface area contributed by atoms with E-state index in [4.69, 9.17) is 10.5 Å². The molecule has 1 aromatic heterocycles. The van der Waals surface area contributed by atoms with Crippen LogP contribution >= 0.6 is 35.3 Å². The number of nitrogens with two attached hydrogens (primary N) is 1. The van der Waals surface area contributed by atoms with Crippen molar-refractivity contribution in [1.82, 2.24) is 9.88 Å². The van der Waals surface area contributed by atoms with Crippen LogP contribution in [0.2, 0.25) is 0 Å². The van der Waals surface area contributed by atoms with Gasteiger partial charge >= 0.3 is 0 Å². The number of aromatic nitrogens is 1. The third-order valence-corrected chi connectivity index (χ3v) is 5.72. The summed E-state index contributed by atoms with van der Waals surface area (Å²) < 4.78 is 6.00. The maximum atomic E-state index is 6.20. The zero-order valence-electron chi connectivity index (χ0n) is 16.7.